The van der Waals surface area contributed by atoms with E-state index < -0.39 is 5.41 Å². The Bertz CT molecular complexity index is 230. The maximum Gasteiger partial charge on any atom is 0.225 e. The van der Waals surface area contributed by atoms with Crippen LogP contribution in [0, 0.1) is 22.2 Å². The minimum absolute atomic E-state index is 0.0178. The molecule has 0 spiro atoms. The van der Waals surface area contributed by atoms with Crippen molar-refractivity contribution in [2.24, 2.45) is 10.8 Å². The van der Waals surface area contributed by atoms with Gasteiger partial charge in [0.25, 0.3) is 0 Å². The van der Waals surface area contributed by atoms with Crippen molar-refractivity contribution < 1.29 is 4.79 Å². The minimum atomic E-state index is -0.485. The van der Waals surface area contributed by atoms with E-state index in [1.54, 1.807) is 13.8 Å². The predicted molar refractivity (Wildman–Crippen MR) is 51.9 cm³/mol. The van der Waals surface area contributed by atoms with Crippen LogP contribution >= 0.6 is 0 Å². The molecular formula is C10H18N2O. The number of carbonyl (C=O) groups is 1. The third kappa shape index (κ3) is 4.51. The first-order valence-electron chi connectivity index (χ1n) is 4.38. The second-order valence-corrected chi connectivity index (χ2v) is 4.93. The van der Waals surface area contributed by atoms with Gasteiger partial charge in [0.1, 0.15) is 0 Å². The van der Waals surface area contributed by atoms with E-state index in [1.807, 2.05) is 20.8 Å². The van der Waals surface area contributed by atoms with Crippen molar-refractivity contribution >= 4 is 5.91 Å². The molecule has 0 aromatic heterocycles. The van der Waals surface area contributed by atoms with Crippen LogP contribution in [-0.4, -0.2) is 12.5 Å². The van der Waals surface area contributed by atoms with Gasteiger partial charge < -0.3 is 5.32 Å². The van der Waals surface area contributed by atoms with Crippen LogP contribution in [0.2, 0.25) is 0 Å². The molecule has 0 aliphatic carbocycles. The lowest BCUT2D eigenvalue weighted by Gasteiger charge is -2.21. The zero-order valence-corrected chi connectivity index (χ0v) is 9.06. The smallest absolute Gasteiger partial charge is 0.225 e. The molecule has 1 amide bonds. The summed E-state index contributed by atoms with van der Waals surface area (Å²) < 4.78 is 0. The molecule has 74 valence electrons. The summed E-state index contributed by atoms with van der Waals surface area (Å²) in [4.78, 5) is 11.4. The highest BCUT2D eigenvalue weighted by atomic mass is 16.2. The van der Waals surface area contributed by atoms with Gasteiger partial charge in [-0.3, -0.25) is 4.79 Å². The maximum absolute atomic E-state index is 11.4. The Balaban J connectivity index is 4.08. The van der Waals surface area contributed by atoms with Gasteiger partial charge in [-0.1, -0.05) is 20.8 Å². The summed E-state index contributed by atoms with van der Waals surface area (Å²) in [5.74, 6) is -0.0178. The van der Waals surface area contributed by atoms with Crippen LogP contribution in [0.15, 0.2) is 0 Å². The van der Waals surface area contributed by atoms with Crippen molar-refractivity contribution in [3.05, 3.63) is 0 Å². The first-order chi connectivity index (χ1) is 5.69. The third-order valence-corrected chi connectivity index (χ3v) is 1.67. The number of carbonyl (C=O) groups excluding carboxylic acids is 1. The molecule has 0 saturated heterocycles. The van der Waals surface area contributed by atoms with Crippen molar-refractivity contribution in [1.29, 1.82) is 5.26 Å². The normalized spacial score (nSPS) is 12.0. The van der Waals surface area contributed by atoms with Gasteiger partial charge in [0.15, 0.2) is 0 Å². The van der Waals surface area contributed by atoms with Crippen LogP contribution < -0.4 is 5.32 Å². The molecule has 0 aromatic rings. The van der Waals surface area contributed by atoms with E-state index in [9.17, 15) is 4.79 Å². The average Bonchev–Trinajstić information content (AvgIpc) is 1.98. The summed E-state index contributed by atoms with van der Waals surface area (Å²) in [7, 11) is 0. The molecule has 0 radical (unpaired) electrons. The lowest BCUT2D eigenvalue weighted by Crippen LogP contribution is -2.39. The summed E-state index contributed by atoms with van der Waals surface area (Å²) in [6, 6.07) is 2.13. The molecule has 0 atom stereocenters. The Morgan fingerprint density at radius 2 is 1.77 bits per heavy atom. The Kier molecular flexibility index (Phi) is 3.48. The van der Waals surface area contributed by atoms with Gasteiger partial charge >= 0.3 is 0 Å². The number of nitriles is 1. The summed E-state index contributed by atoms with van der Waals surface area (Å²) in [5, 5.41) is 11.5. The number of rotatable bonds is 2. The number of nitrogens with one attached hydrogen (secondary N) is 1. The maximum atomic E-state index is 11.4. The van der Waals surface area contributed by atoms with E-state index in [0.717, 1.165) is 0 Å². The van der Waals surface area contributed by atoms with Crippen molar-refractivity contribution in [2.75, 3.05) is 6.54 Å². The van der Waals surface area contributed by atoms with Gasteiger partial charge in [0, 0.05) is 12.0 Å². The van der Waals surface area contributed by atoms with E-state index in [2.05, 4.69) is 11.4 Å². The zero-order valence-electron chi connectivity index (χ0n) is 9.06. The summed E-state index contributed by atoms with van der Waals surface area (Å²) in [6.45, 7) is 9.55. The molecule has 0 bridgehead atoms. The molecule has 0 aliphatic rings. The van der Waals surface area contributed by atoms with Gasteiger partial charge in [-0.25, -0.2) is 0 Å². The van der Waals surface area contributed by atoms with Crippen LogP contribution in [0.25, 0.3) is 0 Å². The second-order valence-electron chi connectivity index (χ2n) is 4.93. The fourth-order valence-electron chi connectivity index (χ4n) is 0.606. The number of amides is 1. The number of nitrogens with zero attached hydrogens (tertiary/aromatic N) is 1. The molecule has 0 rings (SSSR count). The average molecular weight is 182 g/mol. The van der Waals surface area contributed by atoms with Crippen LogP contribution in [0.3, 0.4) is 0 Å². The molecule has 0 fully saturated rings. The van der Waals surface area contributed by atoms with Gasteiger partial charge in [-0.05, 0) is 13.8 Å². The first-order valence-corrected chi connectivity index (χ1v) is 4.38. The minimum Gasteiger partial charge on any atom is -0.354 e. The summed E-state index contributed by atoms with van der Waals surface area (Å²) in [5.41, 5.74) is -0.869. The SMILES string of the molecule is CC(C)(C#N)CNC(=O)C(C)(C)C. The topological polar surface area (TPSA) is 52.9 Å². The molecule has 0 unspecified atom stereocenters. The van der Waals surface area contributed by atoms with Gasteiger partial charge in [0.2, 0.25) is 5.91 Å². The third-order valence-electron chi connectivity index (χ3n) is 1.67. The van der Waals surface area contributed by atoms with Gasteiger partial charge in [-0.15, -0.1) is 0 Å². The summed E-state index contributed by atoms with van der Waals surface area (Å²) in [6.07, 6.45) is 0. The van der Waals surface area contributed by atoms with Crippen molar-refractivity contribution in [3.63, 3.8) is 0 Å². The van der Waals surface area contributed by atoms with Crippen LogP contribution in [0.1, 0.15) is 34.6 Å². The fourth-order valence-corrected chi connectivity index (χ4v) is 0.606. The monoisotopic (exact) mass is 182 g/mol. The van der Waals surface area contributed by atoms with Crippen molar-refractivity contribution in [3.8, 4) is 6.07 Å². The predicted octanol–water partition coefficient (Wildman–Crippen LogP) is 1.70. The highest BCUT2D eigenvalue weighted by molar-refractivity contribution is 5.81. The Hall–Kier alpha value is -1.04. The lowest BCUT2D eigenvalue weighted by molar-refractivity contribution is -0.128. The molecule has 0 heterocycles. The molecule has 1 N–H and O–H groups in total. The molecule has 13 heavy (non-hydrogen) atoms. The van der Waals surface area contributed by atoms with Gasteiger partial charge in [0.05, 0.1) is 11.5 Å². The quantitative estimate of drug-likeness (QED) is 0.706. The number of hydrogen-bond donors (Lipinski definition) is 1. The highest BCUT2D eigenvalue weighted by Gasteiger charge is 2.24. The lowest BCUT2D eigenvalue weighted by atomic mass is 9.92. The second kappa shape index (κ2) is 3.78. The molecule has 0 aromatic carbocycles. The van der Waals surface area contributed by atoms with E-state index in [4.69, 9.17) is 5.26 Å². The Morgan fingerprint density at radius 1 is 1.31 bits per heavy atom. The van der Waals surface area contributed by atoms with Crippen LogP contribution in [-0.2, 0) is 4.79 Å². The highest BCUT2D eigenvalue weighted by Crippen LogP contribution is 2.15. The number of hydrogen-bond acceptors (Lipinski definition) is 2. The fraction of sp³-hybridized carbons (Fsp3) is 0.800. The van der Waals surface area contributed by atoms with Gasteiger partial charge in [-0.2, -0.15) is 5.26 Å². The van der Waals surface area contributed by atoms with Crippen molar-refractivity contribution in [2.45, 2.75) is 34.6 Å². The van der Waals surface area contributed by atoms with Crippen molar-refractivity contribution in [1.82, 2.24) is 5.32 Å². The van der Waals surface area contributed by atoms with E-state index in [-0.39, 0.29) is 11.3 Å². The van der Waals surface area contributed by atoms with E-state index in [0.29, 0.717) is 6.54 Å². The Labute approximate surface area is 80.1 Å². The molecule has 0 aliphatic heterocycles. The largest absolute Gasteiger partial charge is 0.354 e. The van der Waals surface area contributed by atoms with Crippen LogP contribution in [0.4, 0.5) is 0 Å². The molecule has 3 nitrogen and oxygen atoms in total. The standard InChI is InChI=1S/C10H18N2O/c1-9(2,3)8(13)12-7-10(4,5)6-11/h7H2,1-5H3,(H,12,13). The Morgan fingerprint density at radius 3 is 2.08 bits per heavy atom. The molecular weight excluding hydrogens is 164 g/mol. The van der Waals surface area contributed by atoms with Crippen LogP contribution in [0.5, 0.6) is 0 Å². The van der Waals surface area contributed by atoms with E-state index in [1.165, 1.54) is 0 Å². The van der Waals surface area contributed by atoms with E-state index >= 15 is 0 Å². The zero-order chi connectivity index (χ0) is 10.7. The first kappa shape index (κ1) is 12.0. The molecule has 0 saturated carbocycles. The summed E-state index contributed by atoms with van der Waals surface area (Å²) >= 11 is 0. The molecule has 3 heteroatoms.